The van der Waals surface area contributed by atoms with Gasteiger partial charge in [0.05, 0.1) is 18.2 Å². The summed E-state index contributed by atoms with van der Waals surface area (Å²) in [5.74, 6) is 0.517. The van der Waals surface area contributed by atoms with Gasteiger partial charge in [0.1, 0.15) is 16.9 Å². The molecule has 0 radical (unpaired) electrons. The van der Waals surface area contributed by atoms with Crippen molar-refractivity contribution in [3.63, 3.8) is 0 Å². The average Bonchev–Trinajstić information content (AvgIpc) is 3.16. The molecular weight excluding hydrogens is 388 g/mol. The number of urea groups is 1. The normalized spacial score (nSPS) is 10.7. The predicted molar refractivity (Wildman–Crippen MR) is 115 cm³/mol. The molecule has 146 valence electrons. The summed E-state index contributed by atoms with van der Waals surface area (Å²) in [5.41, 5.74) is 5.53. The molecule has 0 saturated heterocycles. The van der Waals surface area contributed by atoms with Crippen molar-refractivity contribution >= 4 is 33.3 Å². The third-order valence-electron chi connectivity index (χ3n) is 4.43. The molecule has 2 amide bonds. The molecular formula is C21H18N4O3S. The molecule has 2 aromatic carbocycles. The van der Waals surface area contributed by atoms with Gasteiger partial charge in [-0.1, -0.05) is 42.0 Å². The van der Waals surface area contributed by atoms with Gasteiger partial charge in [0.25, 0.3) is 5.56 Å². The first kappa shape index (κ1) is 18.7. The van der Waals surface area contributed by atoms with Gasteiger partial charge in [-0.3, -0.25) is 4.79 Å². The minimum absolute atomic E-state index is 0.345. The average molecular weight is 406 g/mol. The van der Waals surface area contributed by atoms with Crippen LogP contribution in [-0.4, -0.2) is 22.8 Å². The van der Waals surface area contributed by atoms with Crippen LogP contribution in [0.2, 0.25) is 0 Å². The van der Waals surface area contributed by atoms with Crippen molar-refractivity contribution in [2.24, 2.45) is 0 Å². The molecule has 0 saturated carbocycles. The van der Waals surface area contributed by atoms with Crippen LogP contribution in [0.25, 0.3) is 21.3 Å². The Kier molecular flexibility index (Phi) is 5.01. The van der Waals surface area contributed by atoms with Crippen molar-refractivity contribution in [2.45, 2.75) is 6.92 Å². The minimum Gasteiger partial charge on any atom is -0.495 e. The van der Waals surface area contributed by atoms with Gasteiger partial charge in [0.2, 0.25) is 0 Å². The van der Waals surface area contributed by atoms with Gasteiger partial charge in [-0.2, -0.15) is 0 Å². The molecule has 4 aromatic rings. The lowest BCUT2D eigenvalue weighted by molar-refractivity contribution is 0.259. The molecule has 0 spiro atoms. The molecule has 2 heterocycles. The highest BCUT2D eigenvalue weighted by Gasteiger charge is 2.15. The van der Waals surface area contributed by atoms with Crippen LogP contribution in [-0.2, 0) is 0 Å². The van der Waals surface area contributed by atoms with Crippen LogP contribution in [0.1, 0.15) is 5.56 Å². The lowest BCUT2D eigenvalue weighted by Crippen LogP contribution is -2.35. The van der Waals surface area contributed by atoms with Gasteiger partial charge in [-0.05, 0) is 24.6 Å². The van der Waals surface area contributed by atoms with E-state index in [9.17, 15) is 9.59 Å². The maximum atomic E-state index is 13.0. The second kappa shape index (κ2) is 7.76. The van der Waals surface area contributed by atoms with E-state index in [1.165, 1.54) is 24.8 Å². The molecule has 0 aliphatic heterocycles. The fourth-order valence-electron chi connectivity index (χ4n) is 2.97. The first-order chi connectivity index (χ1) is 14.1. The molecule has 2 aromatic heterocycles. The maximum Gasteiger partial charge on any atom is 0.338 e. The number of thiophene rings is 1. The van der Waals surface area contributed by atoms with E-state index in [2.05, 4.69) is 15.7 Å². The topological polar surface area (TPSA) is 85.2 Å². The number of nitrogens with zero attached hydrogens (tertiary/aromatic N) is 2. The summed E-state index contributed by atoms with van der Waals surface area (Å²) in [6, 6.07) is 14.4. The van der Waals surface area contributed by atoms with Crippen molar-refractivity contribution in [1.29, 1.82) is 0 Å². The van der Waals surface area contributed by atoms with Gasteiger partial charge < -0.3 is 10.1 Å². The number of aryl methyl sites for hydroxylation is 1. The summed E-state index contributed by atoms with van der Waals surface area (Å²) in [7, 11) is 1.52. The Labute approximate surface area is 170 Å². The van der Waals surface area contributed by atoms with Gasteiger partial charge >= 0.3 is 6.03 Å². The SMILES string of the molecule is COc1ccccc1NC(=O)Nn1cnc2scc(-c3ccc(C)cc3)c2c1=O. The van der Waals surface area contributed by atoms with E-state index in [-0.39, 0.29) is 5.56 Å². The fraction of sp³-hybridized carbons (Fsp3) is 0.0952. The van der Waals surface area contributed by atoms with E-state index in [1.54, 1.807) is 24.3 Å². The Bertz CT molecular complexity index is 1250. The van der Waals surface area contributed by atoms with E-state index < -0.39 is 6.03 Å². The van der Waals surface area contributed by atoms with Crippen LogP contribution in [0.4, 0.5) is 10.5 Å². The monoisotopic (exact) mass is 406 g/mol. The Morgan fingerprint density at radius 2 is 1.90 bits per heavy atom. The van der Waals surface area contributed by atoms with E-state index in [0.29, 0.717) is 21.7 Å². The fourth-order valence-corrected chi connectivity index (χ4v) is 3.87. The van der Waals surface area contributed by atoms with Gasteiger partial charge in [0.15, 0.2) is 0 Å². The van der Waals surface area contributed by atoms with E-state index in [1.807, 2.05) is 36.6 Å². The quantitative estimate of drug-likeness (QED) is 0.531. The smallest absolute Gasteiger partial charge is 0.338 e. The van der Waals surface area contributed by atoms with E-state index >= 15 is 0 Å². The van der Waals surface area contributed by atoms with Crippen molar-refractivity contribution < 1.29 is 9.53 Å². The first-order valence-corrected chi connectivity index (χ1v) is 9.71. The summed E-state index contributed by atoms with van der Waals surface area (Å²) in [6.45, 7) is 2.01. The molecule has 0 aliphatic carbocycles. The van der Waals surface area contributed by atoms with Crippen molar-refractivity contribution in [2.75, 3.05) is 17.9 Å². The van der Waals surface area contributed by atoms with Crippen LogP contribution >= 0.6 is 11.3 Å². The van der Waals surface area contributed by atoms with Gasteiger partial charge in [-0.25, -0.2) is 19.9 Å². The maximum absolute atomic E-state index is 13.0. The Morgan fingerprint density at radius 1 is 1.14 bits per heavy atom. The highest BCUT2D eigenvalue weighted by atomic mass is 32.1. The number of carbonyl (C=O) groups is 1. The molecule has 29 heavy (non-hydrogen) atoms. The number of nitrogens with one attached hydrogen (secondary N) is 2. The number of aromatic nitrogens is 2. The van der Waals surface area contributed by atoms with Crippen LogP contribution < -0.4 is 21.0 Å². The second-order valence-corrected chi connectivity index (χ2v) is 7.24. The lowest BCUT2D eigenvalue weighted by Gasteiger charge is -2.12. The molecule has 7 nitrogen and oxygen atoms in total. The van der Waals surface area contributed by atoms with E-state index in [4.69, 9.17) is 4.74 Å². The second-order valence-electron chi connectivity index (χ2n) is 6.38. The Hall–Kier alpha value is -3.65. The van der Waals surface area contributed by atoms with Crippen molar-refractivity contribution in [1.82, 2.24) is 9.66 Å². The Balaban J connectivity index is 1.65. The molecule has 0 bridgehead atoms. The number of methoxy groups -OCH3 is 1. The molecule has 0 aliphatic rings. The standard InChI is InChI=1S/C21H18N4O3S/c1-13-7-9-14(10-8-13)15-11-29-19-18(15)20(26)25(12-22-19)24-21(27)23-16-5-3-4-6-17(16)28-2/h3-12H,1-2H3,(H2,23,24,27). The summed E-state index contributed by atoms with van der Waals surface area (Å²) in [5, 5.41) is 5.05. The zero-order chi connectivity index (χ0) is 20.4. The Morgan fingerprint density at radius 3 is 2.66 bits per heavy atom. The molecule has 4 rings (SSSR count). The van der Waals surface area contributed by atoms with Crippen molar-refractivity contribution in [3.8, 4) is 16.9 Å². The number of anilines is 1. The van der Waals surface area contributed by atoms with Crippen LogP contribution in [0, 0.1) is 6.92 Å². The summed E-state index contributed by atoms with van der Waals surface area (Å²) in [6.07, 6.45) is 1.31. The number of benzene rings is 2. The zero-order valence-corrected chi connectivity index (χ0v) is 16.6. The number of para-hydroxylation sites is 2. The number of hydrogen-bond donors (Lipinski definition) is 2. The predicted octanol–water partition coefficient (Wildman–Crippen LogP) is 4.22. The largest absolute Gasteiger partial charge is 0.495 e. The molecule has 2 N–H and O–H groups in total. The summed E-state index contributed by atoms with van der Waals surface area (Å²) < 4.78 is 6.30. The van der Waals surface area contributed by atoms with Crippen molar-refractivity contribution in [3.05, 3.63) is 76.2 Å². The molecule has 0 atom stereocenters. The summed E-state index contributed by atoms with van der Waals surface area (Å²) >= 11 is 1.39. The summed E-state index contributed by atoms with van der Waals surface area (Å²) in [4.78, 5) is 30.4. The van der Waals surface area contributed by atoms with Crippen LogP contribution in [0.15, 0.2) is 65.0 Å². The van der Waals surface area contributed by atoms with Crippen LogP contribution in [0.3, 0.4) is 0 Å². The minimum atomic E-state index is -0.579. The number of hydrogen-bond acceptors (Lipinski definition) is 5. The van der Waals surface area contributed by atoms with Gasteiger partial charge in [-0.15, -0.1) is 11.3 Å². The number of amides is 2. The molecule has 8 heteroatoms. The third-order valence-corrected chi connectivity index (χ3v) is 5.32. The van der Waals surface area contributed by atoms with E-state index in [0.717, 1.165) is 21.4 Å². The first-order valence-electron chi connectivity index (χ1n) is 8.84. The number of rotatable bonds is 4. The number of carbonyl (C=O) groups excluding carboxylic acids is 1. The lowest BCUT2D eigenvalue weighted by atomic mass is 10.1. The molecule has 0 fully saturated rings. The third kappa shape index (κ3) is 3.70. The number of fused-ring (bicyclic) bond motifs is 1. The van der Waals surface area contributed by atoms with Gasteiger partial charge in [0, 0.05) is 10.9 Å². The highest BCUT2D eigenvalue weighted by molar-refractivity contribution is 7.17. The molecule has 0 unspecified atom stereocenters. The zero-order valence-electron chi connectivity index (χ0n) is 15.8. The van der Waals surface area contributed by atoms with Crippen LogP contribution in [0.5, 0.6) is 5.75 Å². The highest BCUT2D eigenvalue weighted by Crippen LogP contribution is 2.30. The number of ether oxygens (including phenoxy) is 1.